The van der Waals surface area contributed by atoms with Crippen molar-refractivity contribution in [3.05, 3.63) is 64.7 Å². The van der Waals surface area contributed by atoms with Crippen LogP contribution in [-0.2, 0) is 10.0 Å². The maximum atomic E-state index is 13.5. The lowest BCUT2D eigenvalue weighted by Gasteiger charge is -2.39. The molecular formula is C20H26N2O2S. The van der Waals surface area contributed by atoms with E-state index in [0.717, 1.165) is 28.8 Å². The van der Waals surface area contributed by atoms with Crippen LogP contribution in [0.15, 0.2) is 47.4 Å². The van der Waals surface area contributed by atoms with Crippen LogP contribution in [-0.4, -0.2) is 44.3 Å². The minimum Gasteiger partial charge on any atom is -0.303 e. The number of rotatable bonds is 3. The topological polar surface area (TPSA) is 40.6 Å². The van der Waals surface area contributed by atoms with Gasteiger partial charge in [-0.2, -0.15) is 4.31 Å². The maximum absolute atomic E-state index is 13.5. The minimum absolute atomic E-state index is 0.162. The molecule has 25 heavy (non-hydrogen) atoms. The molecule has 1 fully saturated rings. The quantitative estimate of drug-likeness (QED) is 0.845. The Morgan fingerprint density at radius 1 is 0.960 bits per heavy atom. The summed E-state index contributed by atoms with van der Waals surface area (Å²) in [4.78, 5) is 2.65. The number of hydrogen-bond donors (Lipinski definition) is 0. The van der Waals surface area contributed by atoms with Gasteiger partial charge in [0.2, 0.25) is 10.0 Å². The van der Waals surface area contributed by atoms with Crippen molar-refractivity contribution in [2.75, 3.05) is 26.7 Å². The van der Waals surface area contributed by atoms with Crippen molar-refractivity contribution in [3.63, 3.8) is 0 Å². The van der Waals surface area contributed by atoms with E-state index in [0.29, 0.717) is 18.0 Å². The zero-order valence-electron chi connectivity index (χ0n) is 15.4. The van der Waals surface area contributed by atoms with Crippen molar-refractivity contribution < 1.29 is 8.42 Å². The largest absolute Gasteiger partial charge is 0.303 e. The predicted molar refractivity (Wildman–Crippen MR) is 101 cm³/mol. The predicted octanol–water partition coefficient (Wildman–Crippen LogP) is 3.29. The molecular weight excluding hydrogens is 332 g/mol. The van der Waals surface area contributed by atoms with Crippen molar-refractivity contribution in [2.45, 2.75) is 31.7 Å². The van der Waals surface area contributed by atoms with Gasteiger partial charge in [-0.1, -0.05) is 48.0 Å². The molecule has 4 nitrogen and oxygen atoms in total. The molecule has 134 valence electrons. The Morgan fingerprint density at radius 2 is 1.56 bits per heavy atom. The zero-order valence-corrected chi connectivity index (χ0v) is 16.2. The number of piperazine rings is 1. The molecule has 0 aromatic heterocycles. The molecule has 2 aromatic rings. The molecule has 1 aliphatic rings. The van der Waals surface area contributed by atoms with Crippen LogP contribution in [0.2, 0.25) is 0 Å². The Balaban J connectivity index is 2.09. The summed E-state index contributed by atoms with van der Waals surface area (Å²) in [6.45, 7) is 7.73. The van der Waals surface area contributed by atoms with E-state index in [1.807, 2.05) is 70.3 Å². The molecule has 1 saturated heterocycles. The van der Waals surface area contributed by atoms with Gasteiger partial charge in [0.1, 0.15) is 0 Å². The maximum Gasteiger partial charge on any atom is 0.244 e. The van der Waals surface area contributed by atoms with Crippen LogP contribution in [0.25, 0.3) is 0 Å². The molecule has 3 rings (SSSR count). The van der Waals surface area contributed by atoms with E-state index in [-0.39, 0.29) is 6.04 Å². The van der Waals surface area contributed by atoms with Gasteiger partial charge >= 0.3 is 0 Å². The van der Waals surface area contributed by atoms with E-state index in [9.17, 15) is 8.42 Å². The zero-order chi connectivity index (χ0) is 18.2. The number of aryl methyl sites for hydroxylation is 3. The lowest BCUT2D eigenvalue weighted by molar-refractivity contribution is 0.160. The van der Waals surface area contributed by atoms with Gasteiger partial charge in [-0.05, 0) is 44.5 Å². The fraction of sp³-hybridized carbons (Fsp3) is 0.400. The fourth-order valence-corrected chi connectivity index (χ4v) is 5.84. The molecule has 1 heterocycles. The third kappa shape index (κ3) is 3.50. The first-order valence-corrected chi connectivity index (χ1v) is 10.1. The first kappa shape index (κ1) is 18.1. The van der Waals surface area contributed by atoms with Crippen LogP contribution < -0.4 is 0 Å². The normalized spacial score (nSPS) is 19.9. The van der Waals surface area contributed by atoms with Crippen LogP contribution in [0, 0.1) is 20.8 Å². The van der Waals surface area contributed by atoms with Crippen LogP contribution in [0.1, 0.15) is 28.3 Å². The molecule has 0 saturated carbocycles. The number of sulfonamides is 1. The highest BCUT2D eigenvalue weighted by atomic mass is 32.2. The Morgan fingerprint density at radius 3 is 2.16 bits per heavy atom. The van der Waals surface area contributed by atoms with Crippen LogP contribution >= 0.6 is 0 Å². The fourth-order valence-electron chi connectivity index (χ4n) is 3.83. The first-order chi connectivity index (χ1) is 11.8. The van der Waals surface area contributed by atoms with E-state index < -0.39 is 10.0 Å². The van der Waals surface area contributed by atoms with Crippen LogP contribution in [0.4, 0.5) is 0 Å². The Labute approximate surface area is 151 Å². The summed E-state index contributed by atoms with van der Waals surface area (Å²) < 4.78 is 28.8. The molecule has 0 radical (unpaired) electrons. The van der Waals surface area contributed by atoms with Crippen LogP contribution in [0.5, 0.6) is 0 Å². The molecule has 2 aromatic carbocycles. The van der Waals surface area contributed by atoms with E-state index >= 15 is 0 Å². The van der Waals surface area contributed by atoms with E-state index in [2.05, 4.69) is 4.90 Å². The van der Waals surface area contributed by atoms with E-state index in [4.69, 9.17) is 0 Å². The summed E-state index contributed by atoms with van der Waals surface area (Å²) in [6, 6.07) is 13.7. The van der Waals surface area contributed by atoms with Crippen molar-refractivity contribution in [2.24, 2.45) is 0 Å². The Bertz CT molecular complexity index is 840. The van der Waals surface area contributed by atoms with Crippen molar-refractivity contribution >= 4 is 10.0 Å². The second-order valence-electron chi connectivity index (χ2n) is 7.03. The second-order valence-corrected chi connectivity index (χ2v) is 8.86. The highest BCUT2D eigenvalue weighted by Gasteiger charge is 2.37. The lowest BCUT2D eigenvalue weighted by atomic mass is 10.1. The molecule has 1 aliphatic heterocycles. The number of nitrogens with zero attached hydrogens (tertiary/aromatic N) is 2. The summed E-state index contributed by atoms with van der Waals surface area (Å²) in [5.74, 6) is 0. The molecule has 0 aliphatic carbocycles. The first-order valence-electron chi connectivity index (χ1n) is 8.64. The van der Waals surface area contributed by atoms with Gasteiger partial charge in [-0.15, -0.1) is 0 Å². The number of hydrogen-bond acceptors (Lipinski definition) is 3. The van der Waals surface area contributed by atoms with Crippen molar-refractivity contribution in [1.29, 1.82) is 0 Å². The molecule has 1 atom stereocenters. The summed E-state index contributed by atoms with van der Waals surface area (Å²) in [7, 11) is -1.51. The molecule has 0 amide bonds. The third-order valence-corrected chi connectivity index (χ3v) is 7.10. The second kappa shape index (κ2) is 6.90. The van der Waals surface area contributed by atoms with Gasteiger partial charge < -0.3 is 4.90 Å². The van der Waals surface area contributed by atoms with Crippen LogP contribution in [0.3, 0.4) is 0 Å². The smallest absolute Gasteiger partial charge is 0.244 e. The Kier molecular flexibility index (Phi) is 5.00. The average Bonchev–Trinajstić information content (AvgIpc) is 2.54. The van der Waals surface area contributed by atoms with Crippen molar-refractivity contribution in [3.8, 4) is 0 Å². The van der Waals surface area contributed by atoms with Gasteiger partial charge in [0.05, 0.1) is 10.9 Å². The molecule has 1 unspecified atom stereocenters. The SMILES string of the molecule is Cc1cc(C)c(S(=O)(=O)N2CCN(C)CC2c2ccccc2)c(C)c1. The Hall–Kier alpha value is -1.69. The monoisotopic (exact) mass is 358 g/mol. The molecule has 0 N–H and O–H groups in total. The van der Waals surface area contributed by atoms with Crippen molar-refractivity contribution in [1.82, 2.24) is 9.21 Å². The summed E-state index contributed by atoms with van der Waals surface area (Å²) in [6.07, 6.45) is 0. The summed E-state index contributed by atoms with van der Waals surface area (Å²) >= 11 is 0. The standard InChI is InChI=1S/C20H26N2O2S/c1-15-12-16(2)20(17(3)13-15)25(23,24)22-11-10-21(4)14-19(22)18-8-6-5-7-9-18/h5-9,12-13,19H,10-11,14H2,1-4H3. The van der Waals surface area contributed by atoms with Gasteiger partial charge in [-0.25, -0.2) is 8.42 Å². The van der Waals surface area contributed by atoms with E-state index in [1.54, 1.807) is 4.31 Å². The third-order valence-electron chi connectivity index (χ3n) is 4.89. The number of benzene rings is 2. The molecule has 5 heteroatoms. The number of likely N-dealkylation sites (N-methyl/N-ethyl adjacent to an activating group) is 1. The summed E-state index contributed by atoms with van der Waals surface area (Å²) in [5, 5.41) is 0. The lowest BCUT2D eigenvalue weighted by Crippen LogP contribution is -2.49. The molecule has 0 bridgehead atoms. The van der Waals surface area contributed by atoms with Gasteiger partial charge in [0, 0.05) is 19.6 Å². The molecule has 0 spiro atoms. The average molecular weight is 359 g/mol. The minimum atomic E-state index is -3.55. The van der Waals surface area contributed by atoms with E-state index in [1.165, 1.54) is 0 Å². The van der Waals surface area contributed by atoms with Gasteiger partial charge in [0.25, 0.3) is 0 Å². The summed E-state index contributed by atoms with van der Waals surface area (Å²) in [5.41, 5.74) is 3.78. The van der Waals surface area contributed by atoms with Gasteiger partial charge in [0.15, 0.2) is 0 Å². The highest BCUT2D eigenvalue weighted by molar-refractivity contribution is 7.89. The van der Waals surface area contributed by atoms with Gasteiger partial charge in [-0.3, -0.25) is 0 Å². The highest BCUT2D eigenvalue weighted by Crippen LogP contribution is 2.33.